The molecule has 2 unspecified atom stereocenters. The molecule has 0 radical (unpaired) electrons. The van der Waals surface area contributed by atoms with Crippen LogP contribution in [0, 0.1) is 5.92 Å². The van der Waals surface area contributed by atoms with Gasteiger partial charge in [-0.15, -0.1) is 0 Å². The maximum Gasteiger partial charge on any atom is 0.321 e. The van der Waals surface area contributed by atoms with E-state index < -0.39 is 42.9 Å². The van der Waals surface area contributed by atoms with E-state index in [-0.39, 0.29) is 21.1 Å². The quantitative estimate of drug-likeness (QED) is 0.281. The van der Waals surface area contributed by atoms with Gasteiger partial charge in [-0.2, -0.15) is 0 Å². The van der Waals surface area contributed by atoms with Crippen molar-refractivity contribution in [3.63, 3.8) is 0 Å². The smallest absolute Gasteiger partial charge is 0.321 e. The summed E-state index contributed by atoms with van der Waals surface area (Å²) in [5.41, 5.74) is 0.962. The third kappa shape index (κ3) is 8.90. The molecule has 0 N–H and O–H groups in total. The van der Waals surface area contributed by atoms with Crippen LogP contribution in [0.5, 0.6) is 0 Å². The number of carbonyl (C=O) groups is 2. The maximum atomic E-state index is 14.0. The Kier molecular flexibility index (Phi) is 10.5. The van der Waals surface area contributed by atoms with Crippen LogP contribution in [0.4, 0.5) is 0 Å². The van der Waals surface area contributed by atoms with E-state index in [2.05, 4.69) is 102 Å². The van der Waals surface area contributed by atoms with Crippen LogP contribution < -0.4 is 0 Å². The minimum absolute atomic E-state index is 0.150. The van der Waals surface area contributed by atoms with Crippen LogP contribution in [0.3, 0.4) is 0 Å². The fourth-order valence-electron chi connectivity index (χ4n) is 2.91. The summed E-state index contributed by atoms with van der Waals surface area (Å²) in [6.45, 7) is 31.5. The van der Waals surface area contributed by atoms with Gasteiger partial charge in [0, 0.05) is 0 Å². The zero-order valence-corrected chi connectivity index (χ0v) is 29.3. The molecule has 37 heavy (non-hydrogen) atoms. The highest BCUT2D eigenvalue weighted by Gasteiger charge is 2.50. The molecule has 0 heterocycles. The van der Waals surface area contributed by atoms with Crippen LogP contribution in [0.1, 0.15) is 67.9 Å². The molecule has 8 heteroatoms. The van der Waals surface area contributed by atoms with Gasteiger partial charge in [0.25, 0.3) is 22.6 Å². The molecule has 212 valence electrons. The van der Waals surface area contributed by atoms with Crippen molar-refractivity contribution in [2.24, 2.45) is 5.92 Å². The predicted octanol–water partition coefficient (Wildman–Crippen LogP) is 8.33. The van der Waals surface area contributed by atoms with Crippen LogP contribution in [0.2, 0.25) is 54.4 Å². The zero-order valence-electron chi connectivity index (χ0n) is 26.3. The topological polar surface area (TPSA) is 61.8 Å². The van der Waals surface area contributed by atoms with Gasteiger partial charge in [0.15, 0.2) is 14.4 Å². The molecule has 1 aromatic rings. The lowest BCUT2D eigenvalue weighted by Gasteiger charge is -2.43. The highest BCUT2D eigenvalue weighted by Crippen LogP contribution is 2.42. The van der Waals surface area contributed by atoms with Gasteiger partial charge >= 0.3 is 5.97 Å². The number of hydrogen-bond acceptors (Lipinski definition) is 5. The van der Waals surface area contributed by atoms with Gasteiger partial charge in [0.1, 0.15) is 0 Å². The summed E-state index contributed by atoms with van der Waals surface area (Å²) >= 11 is 0. The van der Waals surface area contributed by atoms with Crippen molar-refractivity contribution in [2.75, 3.05) is 0 Å². The third-order valence-electron chi connectivity index (χ3n) is 8.75. The standard InChI is InChI=1S/C29H54O5Si3/c1-27(2,3)35(10,11)32-24(26(31)34-37(14,15)29(7,8)9)23(21-22-19-17-16-18-20-22)25(30)33-36(12,13)28(4,5)6/h16-20,23-24H,21H2,1-15H3. The van der Waals surface area contributed by atoms with Crippen LogP contribution in [-0.2, 0) is 29.3 Å². The first-order valence-electron chi connectivity index (χ1n) is 13.5. The van der Waals surface area contributed by atoms with E-state index in [1.165, 1.54) is 0 Å². The Balaban J connectivity index is 3.65. The molecule has 0 aliphatic heterocycles. The summed E-state index contributed by atoms with van der Waals surface area (Å²) in [6.07, 6.45) is -0.687. The molecule has 2 atom stereocenters. The molecule has 0 amide bonds. The Morgan fingerprint density at radius 2 is 1.03 bits per heavy atom. The molecule has 0 spiro atoms. The summed E-state index contributed by atoms with van der Waals surface area (Å²) in [7, 11) is -7.35. The third-order valence-corrected chi connectivity index (χ3v) is 21.9. The fourth-order valence-corrected chi connectivity index (χ4v) is 6.05. The second kappa shape index (κ2) is 11.5. The molecular formula is C29H54O5Si3. The molecule has 0 saturated carbocycles. The summed E-state index contributed by atoms with van der Waals surface area (Å²) < 4.78 is 19.4. The van der Waals surface area contributed by atoms with Crippen molar-refractivity contribution in [1.29, 1.82) is 0 Å². The highest BCUT2D eigenvalue weighted by atomic mass is 28.4. The minimum Gasteiger partial charge on any atom is -0.519 e. The Labute approximate surface area is 230 Å². The van der Waals surface area contributed by atoms with E-state index >= 15 is 0 Å². The SMILES string of the molecule is CC(C)(C)[Si](C)(C)OC(=O)C(Cc1ccccc1)C(O[Si](C)(C)C(C)(C)C)C(=O)O[Si](C)(C)C(C)(C)C. The highest BCUT2D eigenvalue weighted by molar-refractivity contribution is 6.76. The lowest BCUT2D eigenvalue weighted by Crippen LogP contribution is -2.55. The first-order valence-corrected chi connectivity index (χ1v) is 22.2. The molecule has 0 aliphatic rings. The largest absolute Gasteiger partial charge is 0.519 e. The van der Waals surface area contributed by atoms with Crippen molar-refractivity contribution in [2.45, 2.75) is 129 Å². The molecule has 1 rings (SSSR count). The monoisotopic (exact) mass is 566 g/mol. The molecule has 0 aromatic heterocycles. The van der Waals surface area contributed by atoms with Gasteiger partial charge in [0.2, 0.25) is 0 Å². The van der Waals surface area contributed by atoms with Crippen LogP contribution in [0.25, 0.3) is 0 Å². The Hall–Kier alpha value is -1.23. The summed E-state index contributed by atoms with van der Waals surface area (Å²) in [5, 5.41) is -0.471. The fraction of sp³-hybridized carbons (Fsp3) is 0.724. The normalized spacial score (nSPS) is 15.6. The number of hydrogen-bond donors (Lipinski definition) is 0. The Morgan fingerprint density at radius 1 is 0.649 bits per heavy atom. The van der Waals surface area contributed by atoms with Crippen molar-refractivity contribution >= 4 is 36.9 Å². The minimum atomic E-state index is -2.46. The summed E-state index contributed by atoms with van der Waals surface area (Å²) in [4.78, 5) is 28.0. The van der Waals surface area contributed by atoms with Gasteiger partial charge in [-0.25, -0.2) is 0 Å². The Morgan fingerprint density at radius 3 is 1.41 bits per heavy atom. The van der Waals surface area contributed by atoms with Gasteiger partial charge in [-0.05, 0) is 66.4 Å². The number of benzene rings is 1. The van der Waals surface area contributed by atoms with Crippen molar-refractivity contribution in [3.05, 3.63) is 35.9 Å². The van der Waals surface area contributed by atoms with E-state index in [0.29, 0.717) is 6.42 Å². The van der Waals surface area contributed by atoms with Gasteiger partial charge in [-0.1, -0.05) is 92.6 Å². The van der Waals surface area contributed by atoms with Crippen molar-refractivity contribution < 1.29 is 22.9 Å². The van der Waals surface area contributed by atoms with Gasteiger partial charge in [0.05, 0.1) is 5.92 Å². The molecule has 0 fully saturated rings. The lowest BCUT2D eigenvalue weighted by molar-refractivity contribution is -0.156. The first-order chi connectivity index (χ1) is 16.3. The van der Waals surface area contributed by atoms with E-state index in [1.54, 1.807) is 0 Å². The van der Waals surface area contributed by atoms with E-state index in [1.807, 2.05) is 30.3 Å². The van der Waals surface area contributed by atoms with E-state index in [9.17, 15) is 9.59 Å². The van der Waals surface area contributed by atoms with Crippen LogP contribution >= 0.6 is 0 Å². The first kappa shape index (κ1) is 33.8. The molecule has 0 saturated heterocycles. The number of rotatable bonds is 9. The van der Waals surface area contributed by atoms with Crippen molar-refractivity contribution in [1.82, 2.24) is 0 Å². The average Bonchev–Trinajstić information content (AvgIpc) is 2.68. The summed E-state index contributed by atoms with van der Waals surface area (Å²) in [5.74, 6) is -1.61. The van der Waals surface area contributed by atoms with Gasteiger partial charge in [-0.3, -0.25) is 9.59 Å². The molecule has 5 nitrogen and oxygen atoms in total. The lowest BCUT2D eigenvalue weighted by atomic mass is 9.94. The second-order valence-electron chi connectivity index (χ2n) is 15.0. The summed E-state index contributed by atoms with van der Waals surface area (Å²) in [6, 6.07) is 9.80. The van der Waals surface area contributed by atoms with Gasteiger partial charge < -0.3 is 13.3 Å². The predicted molar refractivity (Wildman–Crippen MR) is 162 cm³/mol. The molecule has 0 aliphatic carbocycles. The number of carbonyl (C=O) groups excluding carboxylic acids is 2. The van der Waals surface area contributed by atoms with E-state index in [0.717, 1.165) is 5.56 Å². The van der Waals surface area contributed by atoms with Crippen LogP contribution in [0.15, 0.2) is 30.3 Å². The second-order valence-corrected chi connectivity index (χ2v) is 29.2. The van der Waals surface area contributed by atoms with E-state index in [4.69, 9.17) is 13.3 Å². The molecular weight excluding hydrogens is 513 g/mol. The van der Waals surface area contributed by atoms with Crippen LogP contribution in [-0.4, -0.2) is 43.0 Å². The molecule has 1 aromatic carbocycles. The van der Waals surface area contributed by atoms with Crippen molar-refractivity contribution in [3.8, 4) is 0 Å². The average molecular weight is 567 g/mol. The maximum absolute atomic E-state index is 14.0. The Bertz CT molecular complexity index is 920. The molecule has 0 bridgehead atoms. The zero-order chi connectivity index (χ0) is 29.3.